The van der Waals surface area contributed by atoms with E-state index in [9.17, 15) is 19.8 Å². The number of carboxylic acids is 1. The third-order valence-corrected chi connectivity index (χ3v) is 5.30. The third-order valence-electron chi connectivity index (χ3n) is 5.30. The molecule has 6 heteroatoms. The van der Waals surface area contributed by atoms with Gasteiger partial charge in [-0.2, -0.15) is 0 Å². The number of hydrogen-bond donors (Lipinski definition) is 2. The van der Waals surface area contributed by atoms with Crippen LogP contribution in [0, 0.1) is 0 Å². The zero-order valence-electron chi connectivity index (χ0n) is 14.9. The average Bonchev–Trinajstić information content (AvgIpc) is 2.86. The van der Waals surface area contributed by atoms with E-state index >= 15 is 0 Å². The maximum Gasteiger partial charge on any atom is 0.331 e. The van der Waals surface area contributed by atoms with Crippen molar-refractivity contribution in [1.82, 2.24) is 4.90 Å². The number of carbonyl (C=O) groups excluding carboxylic acids is 1. The SMILES string of the molecule is O=C(O)C1c2ccccc2OCCN1C(=O)c1cc2c(cc1O)CCCC2. The summed E-state index contributed by atoms with van der Waals surface area (Å²) < 4.78 is 5.65. The number of aryl methyl sites for hydroxylation is 2. The molecule has 140 valence electrons. The Labute approximate surface area is 157 Å². The standard InChI is InChI=1S/C21H21NO5/c23-17-12-14-6-2-1-5-13(14)11-16(17)20(24)22-9-10-27-18-8-4-3-7-15(18)19(22)21(25)26/h3-4,7-8,11-12,19,23H,1-2,5-6,9-10H2,(H,25,26). The highest BCUT2D eigenvalue weighted by Crippen LogP contribution is 2.35. The number of aromatic hydroxyl groups is 1. The molecule has 1 atom stereocenters. The number of fused-ring (bicyclic) bond motifs is 2. The van der Waals surface area contributed by atoms with Crippen molar-refractivity contribution in [2.75, 3.05) is 13.2 Å². The van der Waals surface area contributed by atoms with Crippen molar-refractivity contribution in [3.63, 3.8) is 0 Å². The predicted octanol–water partition coefficient (Wildman–Crippen LogP) is 2.93. The molecule has 2 aliphatic rings. The molecular formula is C21H21NO5. The average molecular weight is 367 g/mol. The molecule has 0 saturated carbocycles. The predicted molar refractivity (Wildman–Crippen MR) is 98.1 cm³/mol. The number of carbonyl (C=O) groups is 2. The molecular weight excluding hydrogens is 346 g/mol. The minimum atomic E-state index is -1.16. The second-order valence-corrected chi connectivity index (χ2v) is 6.97. The zero-order valence-corrected chi connectivity index (χ0v) is 14.9. The number of phenolic OH excluding ortho intramolecular Hbond substituents is 1. The van der Waals surface area contributed by atoms with E-state index in [4.69, 9.17) is 4.74 Å². The Morgan fingerprint density at radius 3 is 2.52 bits per heavy atom. The van der Waals surface area contributed by atoms with Crippen LogP contribution in [0.5, 0.6) is 11.5 Å². The first kappa shape index (κ1) is 17.4. The van der Waals surface area contributed by atoms with E-state index in [2.05, 4.69) is 0 Å². The topological polar surface area (TPSA) is 87.1 Å². The number of aliphatic carboxylic acids is 1. The molecule has 0 spiro atoms. The first-order valence-corrected chi connectivity index (χ1v) is 9.16. The van der Waals surface area contributed by atoms with Crippen LogP contribution in [0.1, 0.15) is 45.9 Å². The molecule has 1 amide bonds. The molecule has 1 unspecified atom stereocenters. The van der Waals surface area contributed by atoms with Crippen LogP contribution in [0.3, 0.4) is 0 Å². The van der Waals surface area contributed by atoms with Crippen molar-refractivity contribution in [1.29, 1.82) is 0 Å². The number of ether oxygens (including phenoxy) is 1. The number of benzene rings is 2. The smallest absolute Gasteiger partial charge is 0.331 e. The molecule has 27 heavy (non-hydrogen) atoms. The van der Waals surface area contributed by atoms with Crippen LogP contribution < -0.4 is 4.74 Å². The van der Waals surface area contributed by atoms with Gasteiger partial charge in [0, 0.05) is 5.56 Å². The number of phenols is 1. The number of para-hydroxylation sites is 1. The minimum Gasteiger partial charge on any atom is -0.507 e. The maximum atomic E-state index is 13.2. The number of rotatable bonds is 2. The zero-order chi connectivity index (χ0) is 19.0. The van der Waals surface area contributed by atoms with Gasteiger partial charge in [-0.15, -0.1) is 0 Å². The molecule has 2 aromatic rings. The Balaban J connectivity index is 1.75. The van der Waals surface area contributed by atoms with Crippen LogP contribution in [0.2, 0.25) is 0 Å². The number of nitrogens with zero attached hydrogens (tertiary/aromatic N) is 1. The van der Waals surface area contributed by atoms with Crippen molar-refractivity contribution in [3.8, 4) is 11.5 Å². The molecule has 0 fully saturated rings. The summed E-state index contributed by atoms with van der Waals surface area (Å²) in [5.74, 6) is -1.24. The molecule has 0 aromatic heterocycles. The van der Waals surface area contributed by atoms with Crippen molar-refractivity contribution >= 4 is 11.9 Å². The Bertz CT molecular complexity index is 907. The van der Waals surface area contributed by atoms with Gasteiger partial charge in [0.1, 0.15) is 18.1 Å². The van der Waals surface area contributed by atoms with Crippen LogP contribution in [-0.2, 0) is 17.6 Å². The molecule has 0 radical (unpaired) electrons. The summed E-state index contributed by atoms with van der Waals surface area (Å²) in [6.07, 6.45) is 3.87. The van der Waals surface area contributed by atoms with Crippen LogP contribution in [0.25, 0.3) is 0 Å². The summed E-state index contributed by atoms with van der Waals surface area (Å²) in [5.41, 5.74) is 2.71. The molecule has 2 N–H and O–H groups in total. The maximum absolute atomic E-state index is 13.2. The van der Waals surface area contributed by atoms with Gasteiger partial charge in [-0.3, -0.25) is 4.79 Å². The Hall–Kier alpha value is -3.02. The highest BCUT2D eigenvalue weighted by molar-refractivity contribution is 5.99. The van der Waals surface area contributed by atoms with Gasteiger partial charge in [0.2, 0.25) is 0 Å². The van der Waals surface area contributed by atoms with Crippen LogP contribution in [0.15, 0.2) is 36.4 Å². The van der Waals surface area contributed by atoms with Crippen molar-refractivity contribution in [2.45, 2.75) is 31.7 Å². The molecule has 6 nitrogen and oxygen atoms in total. The van der Waals surface area contributed by atoms with E-state index in [0.29, 0.717) is 11.3 Å². The molecule has 1 aliphatic heterocycles. The van der Waals surface area contributed by atoms with E-state index in [1.165, 1.54) is 4.90 Å². The Morgan fingerprint density at radius 2 is 1.78 bits per heavy atom. The van der Waals surface area contributed by atoms with E-state index < -0.39 is 17.9 Å². The Morgan fingerprint density at radius 1 is 1.07 bits per heavy atom. The molecule has 1 aliphatic carbocycles. The molecule has 0 bridgehead atoms. The first-order valence-electron chi connectivity index (χ1n) is 9.16. The lowest BCUT2D eigenvalue weighted by Gasteiger charge is -2.28. The summed E-state index contributed by atoms with van der Waals surface area (Å²) >= 11 is 0. The van der Waals surface area contributed by atoms with Crippen LogP contribution in [-0.4, -0.2) is 40.1 Å². The van der Waals surface area contributed by atoms with Crippen LogP contribution in [0.4, 0.5) is 0 Å². The summed E-state index contributed by atoms with van der Waals surface area (Å²) in [5, 5.41) is 20.3. The lowest BCUT2D eigenvalue weighted by atomic mass is 9.89. The largest absolute Gasteiger partial charge is 0.507 e. The van der Waals surface area contributed by atoms with Gasteiger partial charge in [0.15, 0.2) is 6.04 Å². The lowest BCUT2D eigenvalue weighted by Crippen LogP contribution is -2.40. The summed E-state index contributed by atoms with van der Waals surface area (Å²) in [4.78, 5) is 26.5. The molecule has 0 saturated heterocycles. The second kappa shape index (κ2) is 6.95. The molecule has 2 aromatic carbocycles. The highest BCUT2D eigenvalue weighted by atomic mass is 16.5. The Kier molecular flexibility index (Phi) is 4.48. The van der Waals surface area contributed by atoms with Gasteiger partial charge in [-0.25, -0.2) is 4.79 Å². The van der Waals surface area contributed by atoms with Gasteiger partial charge in [-0.1, -0.05) is 18.2 Å². The van der Waals surface area contributed by atoms with Crippen molar-refractivity contribution < 1.29 is 24.5 Å². The van der Waals surface area contributed by atoms with Gasteiger partial charge in [0.05, 0.1) is 12.1 Å². The lowest BCUT2D eigenvalue weighted by molar-refractivity contribution is -0.142. The van der Waals surface area contributed by atoms with Crippen molar-refractivity contribution in [3.05, 3.63) is 58.7 Å². The second-order valence-electron chi connectivity index (χ2n) is 6.97. The van der Waals surface area contributed by atoms with Gasteiger partial charge >= 0.3 is 5.97 Å². The number of amides is 1. The van der Waals surface area contributed by atoms with E-state index in [-0.39, 0.29) is 24.5 Å². The first-order chi connectivity index (χ1) is 13.1. The molecule has 1 heterocycles. The fraction of sp³-hybridized carbons (Fsp3) is 0.333. The summed E-state index contributed by atoms with van der Waals surface area (Å²) in [7, 11) is 0. The minimum absolute atomic E-state index is 0.0942. The third kappa shape index (κ3) is 3.12. The highest BCUT2D eigenvalue weighted by Gasteiger charge is 2.36. The molecule has 4 rings (SSSR count). The fourth-order valence-corrected chi connectivity index (χ4v) is 3.97. The van der Waals surface area contributed by atoms with Gasteiger partial charge < -0.3 is 19.8 Å². The summed E-state index contributed by atoms with van der Waals surface area (Å²) in [6, 6.07) is 9.07. The normalized spacial score (nSPS) is 18.7. The number of hydrogen-bond acceptors (Lipinski definition) is 4. The number of carboxylic acid groups (broad SMARTS) is 1. The quantitative estimate of drug-likeness (QED) is 0.852. The van der Waals surface area contributed by atoms with Crippen molar-refractivity contribution in [2.24, 2.45) is 0 Å². The van der Waals surface area contributed by atoms with Gasteiger partial charge in [0.25, 0.3) is 5.91 Å². The van der Waals surface area contributed by atoms with E-state index in [1.807, 2.05) is 0 Å². The van der Waals surface area contributed by atoms with E-state index in [1.54, 1.807) is 36.4 Å². The van der Waals surface area contributed by atoms with Crippen LogP contribution >= 0.6 is 0 Å². The van der Waals surface area contributed by atoms with E-state index in [0.717, 1.165) is 36.8 Å². The van der Waals surface area contributed by atoms with Gasteiger partial charge in [-0.05, 0) is 55.0 Å². The summed E-state index contributed by atoms with van der Waals surface area (Å²) in [6.45, 7) is 0.319. The fourth-order valence-electron chi connectivity index (χ4n) is 3.97. The monoisotopic (exact) mass is 367 g/mol.